The van der Waals surface area contributed by atoms with Crippen LogP contribution in [0.2, 0.25) is 0 Å². The molecule has 8 nitrogen and oxygen atoms in total. The topological polar surface area (TPSA) is 89.1 Å². The van der Waals surface area contributed by atoms with Gasteiger partial charge < -0.3 is 29.7 Å². The van der Waals surface area contributed by atoms with Crippen LogP contribution in [-0.4, -0.2) is 51.3 Å². The number of benzene rings is 3. The molecule has 0 spiro atoms. The van der Waals surface area contributed by atoms with Crippen molar-refractivity contribution in [3.63, 3.8) is 0 Å². The molecule has 36 heavy (non-hydrogen) atoms. The maximum Gasteiger partial charge on any atom is 0.322 e. The summed E-state index contributed by atoms with van der Waals surface area (Å²) in [6.45, 7) is 2.67. The van der Waals surface area contributed by atoms with E-state index in [4.69, 9.17) is 14.2 Å². The Bertz CT molecular complexity index is 1240. The van der Waals surface area contributed by atoms with Crippen molar-refractivity contribution in [1.82, 2.24) is 10.2 Å². The second-order valence-corrected chi connectivity index (χ2v) is 8.57. The number of carbonyl (C=O) groups excluding carboxylic acids is 2. The average Bonchev–Trinajstić information content (AvgIpc) is 2.91. The van der Waals surface area contributed by atoms with Gasteiger partial charge in [-0.05, 0) is 60.9 Å². The van der Waals surface area contributed by atoms with Gasteiger partial charge in [0.15, 0.2) is 11.5 Å². The van der Waals surface area contributed by atoms with Gasteiger partial charge in [-0.2, -0.15) is 0 Å². The van der Waals surface area contributed by atoms with Crippen LogP contribution in [0.1, 0.15) is 33.1 Å². The number of anilines is 1. The second kappa shape index (κ2) is 11.0. The lowest BCUT2D eigenvalue weighted by Crippen LogP contribution is -2.47. The Morgan fingerprint density at radius 3 is 2.28 bits per heavy atom. The summed E-state index contributed by atoms with van der Waals surface area (Å²) in [5.41, 5.74) is 4.16. The maximum absolute atomic E-state index is 13.5. The van der Waals surface area contributed by atoms with Crippen LogP contribution in [0.4, 0.5) is 10.5 Å². The lowest BCUT2D eigenvalue weighted by molar-refractivity contribution is 0.0936. The fraction of sp³-hybridized carbons (Fsp3) is 0.286. The number of hydrogen-bond donors (Lipinski definition) is 2. The van der Waals surface area contributed by atoms with Crippen molar-refractivity contribution in [2.75, 3.05) is 39.7 Å². The van der Waals surface area contributed by atoms with E-state index in [1.54, 1.807) is 50.5 Å². The molecule has 0 aromatic heterocycles. The lowest BCUT2D eigenvalue weighted by Gasteiger charge is -2.38. The number of nitrogens with zero attached hydrogens (tertiary/aromatic N) is 1. The van der Waals surface area contributed by atoms with Crippen LogP contribution in [0.25, 0.3) is 0 Å². The van der Waals surface area contributed by atoms with Gasteiger partial charge in [-0.25, -0.2) is 4.79 Å². The number of nitrogens with one attached hydrogen (secondary N) is 2. The van der Waals surface area contributed by atoms with Crippen LogP contribution < -0.4 is 24.8 Å². The van der Waals surface area contributed by atoms with Crippen molar-refractivity contribution < 1.29 is 23.8 Å². The quantitative estimate of drug-likeness (QED) is 0.507. The van der Waals surface area contributed by atoms with Crippen LogP contribution in [0, 0.1) is 6.92 Å². The molecule has 1 aliphatic heterocycles. The van der Waals surface area contributed by atoms with Gasteiger partial charge in [-0.1, -0.05) is 29.8 Å². The zero-order valence-electron chi connectivity index (χ0n) is 21.0. The van der Waals surface area contributed by atoms with Gasteiger partial charge >= 0.3 is 6.03 Å². The van der Waals surface area contributed by atoms with E-state index >= 15 is 0 Å². The molecule has 2 N–H and O–H groups in total. The number of amides is 3. The molecule has 3 amide bonds. The molecule has 0 aliphatic carbocycles. The number of aryl methyl sites for hydroxylation is 1. The van der Waals surface area contributed by atoms with Crippen molar-refractivity contribution in [2.45, 2.75) is 19.4 Å². The Labute approximate surface area is 211 Å². The molecule has 1 aliphatic rings. The first kappa shape index (κ1) is 24.9. The van der Waals surface area contributed by atoms with E-state index in [1.165, 1.54) is 0 Å². The van der Waals surface area contributed by atoms with Crippen molar-refractivity contribution >= 4 is 17.6 Å². The third-order valence-electron chi connectivity index (χ3n) is 6.38. The number of hydrogen-bond acceptors (Lipinski definition) is 5. The van der Waals surface area contributed by atoms with E-state index in [9.17, 15) is 9.59 Å². The molecular formula is C28H31N3O5. The molecule has 0 radical (unpaired) electrons. The molecule has 1 atom stereocenters. The number of ether oxygens (including phenoxy) is 3. The third kappa shape index (κ3) is 5.22. The van der Waals surface area contributed by atoms with Crippen LogP contribution >= 0.6 is 0 Å². The predicted molar refractivity (Wildman–Crippen MR) is 138 cm³/mol. The van der Waals surface area contributed by atoms with Gasteiger partial charge in [0.25, 0.3) is 5.91 Å². The van der Waals surface area contributed by atoms with Crippen molar-refractivity contribution in [3.8, 4) is 17.2 Å². The van der Waals surface area contributed by atoms with Gasteiger partial charge in [0.1, 0.15) is 5.75 Å². The van der Waals surface area contributed by atoms with E-state index < -0.39 is 6.04 Å². The van der Waals surface area contributed by atoms with Crippen molar-refractivity contribution in [1.29, 1.82) is 0 Å². The van der Waals surface area contributed by atoms with Crippen molar-refractivity contribution in [2.24, 2.45) is 0 Å². The van der Waals surface area contributed by atoms with Crippen molar-refractivity contribution in [3.05, 3.63) is 82.9 Å². The minimum absolute atomic E-state index is 0.201. The van der Waals surface area contributed by atoms with Gasteiger partial charge in [-0.3, -0.25) is 4.79 Å². The van der Waals surface area contributed by atoms with E-state index in [-0.39, 0.29) is 18.5 Å². The van der Waals surface area contributed by atoms with E-state index in [2.05, 4.69) is 10.6 Å². The summed E-state index contributed by atoms with van der Waals surface area (Å²) < 4.78 is 16.4. The molecule has 4 rings (SSSR count). The first-order valence-corrected chi connectivity index (χ1v) is 11.8. The van der Waals surface area contributed by atoms with E-state index in [1.807, 2.05) is 43.3 Å². The lowest BCUT2D eigenvalue weighted by atomic mass is 9.91. The molecule has 1 heterocycles. The van der Waals surface area contributed by atoms with Crippen LogP contribution in [0.15, 0.2) is 60.7 Å². The Morgan fingerprint density at radius 1 is 0.917 bits per heavy atom. The average molecular weight is 490 g/mol. The molecular weight excluding hydrogens is 458 g/mol. The minimum atomic E-state index is -0.419. The molecule has 3 aromatic carbocycles. The Hall–Kier alpha value is -4.20. The molecule has 3 aromatic rings. The summed E-state index contributed by atoms with van der Waals surface area (Å²) in [4.78, 5) is 28.1. The van der Waals surface area contributed by atoms with Crippen LogP contribution in [0.5, 0.6) is 17.2 Å². The fourth-order valence-corrected chi connectivity index (χ4v) is 4.42. The number of carbonyl (C=O) groups is 2. The number of urea groups is 1. The molecule has 0 unspecified atom stereocenters. The highest BCUT2D eigenvalue weighted by atomic mass is 16.5. The zero-order valence-corrected chi connectivity index (χ0v) is 21.0. The third-order valence-corrected chi connectivity index (χ3v) is 6.38. The SMILES string of the molecule is COc1ccccc1NC(=O)N1CCc2cc(OC)c(OC)cc2[C@H]1CNC(=O)c1ccc(C)cc1. The Balaban J connectivity index is 1.64. The Morgan fingerprint density at radius 2 is 1.58 bits per heavy atom. The van der Waals surface area contributed by atoms with Gasteiger partial charge in [0.05, 0.1) is 33.1 Å². The molecule has 0 fully saturated rings. The first-order valence-electron chi connectivity index (χ1n) is 11.8. The summed E-state index contributed by atoms with van der Waals surface area (Å²) in [6, 6.07) is 17.8. The minimum Gasteiger partial charge on any atom is -0.495 e. The highest BCUT2D eigenvalue weighted by molar-refractivity contribution is 5.94. The van der Waals surface area contributed by atoms with Gasteiger partial charge in [0.2, 0.25) is 0 Å². The van der Waals surface area contributed by atoms with Gasteiger partial charge in [-0.15, -0.1) is 0 Å². The normalized spacial score (nSPS) is 14.4. The summed E-state index contributed by atoms with van der Waals surface area (Å²) in [7, 11) is 4.73. The predicted octanol–water partition coefficient (Wildman–Crippen LogP) is 4.58. The van der Waals surface area contributed by atoms with E-state index in [0.29, 0.717) is 41.5 Å². The monoisotopic (exact) mass is 489 g/mol. The number of para-hydroxylation sites is 2. The summed E-state index contributed by atoms with van der Waals surface area (Å²) >= 11 is 0. The maximum atomic E-state index is 13.5. The largest absolute Gasteiger partial charge is 0.495 e. The molecule has 8 heteroatoms. The molecule has 188 valence electrons. The fourth-order valence-electron chi connectivity index (χ4n) is 4.42. The zero-order chi connectivity index (χ0) is 25.7. The summed E-state index contributed by atoms with van der Waals surface area (Å²) in [5.74, 6) is 1.57. The smallest absolute Gasteiger partial charge is 0.322 e. The molecule has 0 saturated carbocycles. The number of methoxy groups -OCH3 is 3. The highest BCUT2D eigenvalue weighted by Gasteiger charge is 2.33. The van der Waals surface area contributed by atoms with Crippen LogP contribution in [-0.2, 0) is 6.42 Å². The standard InChI is InChI=1S/C28H31N3O5/c1-18-9-11-19(12-10-18)27(32)29-17-23-21-16-26(36-4)25(35-3)15-20(21)13-14-31(23)28(33)30-22-7-5-6-8-24(22)34-2/h5-12,15-16,23H,13-14,17H2,1-4H3,(H,29,32)(H,30,33)/t23-/m1/s1. The Kier molecular flexibility index (Phi) is 7.63. The van der Waals surface area contributed by atoms with Crippen LogP contribution in [0.3, 0.4) is 0 Å². The highest BCUT2D eigenvalue weighted by Crippen LogP contribution is 2.38. The number of rotatable bonds is 7. The summed E-state index contributed by atoms with van der Waals surface area (Å²) in [6.07, 6.45) is 0.636. The van der Waals surface area contributed by atoms with Gasteiger partial charge in [0, 0.05) is 18.7 Å². The second-order valence-electron chi connectivity index (χ2n) is 8.57. The molecule has 0 saturated heterocycles. The molecule has 0 bridgehead atoms. The van der Waals surface area contributed by atoms with E-state index in [0.717, 1.165) is 16.7 Å². The first-order chi connectivity index (χ1) is 17.4. The number of fused-ring (bicyclic) bond motifs is 1. The summed E-state index contributed by atoms with van der Waals surface area (Å²) in [5, 5.41) is 5.97.